The molecule has 23 heavy (non-hydrogen) atoms. The molecule has 0 amide bonds. The molecule has 1 unspecified atom stereocenters. The molecule has 0 saturated carbocycles. The first kappa shape index (κ1) is 17.2. The zero-order chi connectivity index (χ0) is 17.0. The first-order chi connectivity index (χ1) is 11.0. The van der Waals surface area contributed by atoms with Gasteiger partial charge in [-0.2, -0.15) is 5.26 Å². The Morgan fingerprint density at radius 2 is 2.09 bits per heavy atom. The van der Waals surface area contributed by atoms with Crippen molar-refractivity contribution in [3.63, 3.8) is 0 Å². The molecule has 1 N–H and O–H groups in total. The van der Waals surface area contributed by atoms with Gasteiger partial charge in [-0.15, -0.1) is 0 Å². The Bertz CT molecular complexity index is 745. The minimum Gasteiger partial charge on any atom is -0.304 e. The molecule has 1 aromatic heterocycles. The van der Waals surface area contributed by atoms with Gasteiger partial charge in [-0.05, 0) is 42.5 Å². The zero-order valence-corrected chi connectivity index (χ0v) is 14.4. The summed E-state index contributed by atoms with van der Waals surface area (Å²) in [5, 5.41) is 18.2. The number of hydrogen-bond acceptors (Lipinski definition) is 3. The van der Waals surface area contributed by atoms with Crippen LogP contribution in [0.25, 0.3) is 0 Å². The van der Waals surface area contributed by atoms with E-state index in [1.807, 2.05) is 31.3 Å². The van der Waals surface area contributed by atoms with Gasteiger partial charge in [0.25, 0.3) is 0 Å². The number of nitriles is 1. The molecule has 0 spiro atoms. The van der Waals surface area contributed by atoms with Gasteiger partial charge in [-0.3, -0.25) is 4.98 Å². The fraction of sp³-hybridized carbons (Fsp3) is 0.316. The van der Waals surface area contributed by atoms with E-state index in [9.17, 15) is 0 Å². The van der Waals surface area contributed by atoms with Crippen molar-refractivity contribution in [2.75, 3.05) is 0 Å². The van der Waals surface area contributed by atoms with Crippen molar-refractivity contribution < 1.29 is 0 Å². The molecule has 0 aliphatic heterocycles. The zero-order valence-electron chi connectivity index (χ0n) is 13.6. The normalized spacial score (nSPS) is 12.0. The summed E-state index contributed by atoms with van der Waals surface area (Å²) in [6.07, 6.45) is 4.42. The van der Waals surface area contributed by atoms with Crippen molar-refractivity contribution in [1.82, 2.24) is 4.98 Å². The largest absolute Gasteiger partial charge is 0.304 e. The molecule has 0 radical (unpaired) electrons. The maximum Gasteiger partial charge on any atom is 0.101 e. The molecular weight excluding hydrogens is 306 g/mol. The van der Waals surface area contributed by atoms with E-state index in [4.69, 9.17) is 22.3 Å². The van der Waals surface area contributed by atoms with Gasteiger partial charge in [0.05, 0.1) is 10.6 Å². The van der Waals surface area contributed by atoms with Crippen molar-refractivity contribution in [2.24, 2.45) is 5.92 Å². The summed E-state index contributed by atoms with van der Waals surface area (Å²) in [6.45, 7) is 6.16. The second-order valence-electron chi connectivity index (χ2n) is 6.09. The third-order valence-corrected chi connectivity index (χ3v) is 4.43. The number of hydrogen-bond donors (Lipinski definition) is 1. The molecule has 2 aromatic rings. The van der Waals surface area contributed by atoms with Crippen molar-refractivity contribution >= 4 is 17.3 Å². The number of aromatic nitrogens is 1. The Hall–Kier alpha value is -2.18. The summed E-state index contributed by atoms with van der Waals surface area (Å²) in [5.74, 6) is 0.418. The van der Waals surface area contributed by atoms with Crippen LogP contribution in [-0.2, 0) is 0 Å². The molecule has 1 atom stereocenters. The van der Waals surface area contributed by atoms with Crippen molar-refractivity contribution in [3.8, 4) is 6.07 Å². The molecular formula is C19H20ClN3. The van der Waals surface area contributed by atoms with Gasteiger partial charge in [0.1, 0.15) is 6.07 Å². The number of nitrogens with zero attached hydrogens (tertiary/aromatic N) is 2. The van der Waals surface area contributed by atoms with Gasteiger partial charge >= 0.3 is 0 Å². The van der Waals surface area contributed by atoms with E-state index in [1.54, 1.807) is 12.3 Å². The van der Waals surface area contributed by atoms with Crippen LogP contribution in [0.3, 0.4) is 0 Å². The summed E-state index contributed by atoms with van der Waals surface area (Å²) in [6, 6.07) is 9.50. The van der Waals surface area contributed by atoms with Crippen LogP contribution in [-0.4, -0.2) is 10.7 Å². The Labute approximate surface area is 142 Å². The molecule has 118 valence electrons. The smallest absolute Gasteiger partial charge is 0.101 e. The quantitative estimate of drug-likeness (QED) is 0.776. The van der Waals surface area contributed by atoms with Crippen LogP contribution in [0, 0.1) is 29.6 Å². The van der Waals surface area contributed by atoms with E-state index in [1.165, 1.54) is 0 Å². The van der Waals surface area contributed by atoms with Crippen LogP contribution in [0.2, 0.25) is 5.02 Å². The van der Waals surface area contributed by atoms with Gasteiger partial charge in [0.15, 0.2) is 0 Å². The average Bonchev–Trinajstić information content (AvgIpc) is 2.55. The fourth-order valence-electron chi connectivity index (χ4n) is 2.73. The molecule has 1 aromatic carbocycles. The highest BCUT2D eigenvalue weighted by Crippen LogP contribution is 2.31. The lowest BCUT2D eigenvalue weighted by Gasteiger charge is -2.22. The van der Waals surface area contributed by atoms with Crippen molar-refractivity contribution in [2.45, 2.75) is 33.1 Å². The van der Waals surface area contributed by atoms with Crippen LogP contribution in [0.15, 0.2) is 36.7 Å². The highest BCUT2D eigenvalue weighted by molar-refractivity contribution is 6.33. The Kier molecular flexibility index (Phi) is 5.52. The monoisotopic (exact) mass is 325 g/mol. The Morgan fingerprint density at radius 3 is 2.65 bits per heavy atom. The molecule has 0 saturated heterocycles. The van der Waals surface area contributed by atoms with E-state index in [-0.39, 0.29) is 5.92 Å². The SMILES string of the molecule is Cc1c(C(=N)C(CC(C)C)c2cccnc2)ccc(C#N)c1Cl. The predicted octanol–water partition coefficient (Wildman–Crippen LogP) is 5.11. The van der Waals surface area contributed by atoms with Crippen molar-refractivity contribution in [3.05, 3.63) is 63.9 Å². The maximum atomic E-state index is 9.08. The molecule has 0 fully saturated rings. The molecule has 2 rings (SSSR count). The van der Waals surface area contributed by atoms with Gasteiger partial charge in [0.2, 0.25) is 0 Å². The van der Waals surface area contributed by atoms with Gasteiger partial charge in [-0.25, -0.2) is 0 Å². The molecule has 0 bridgehead atoms. The summed E-state index contributed by atoms with van der Waals surface area (Å²) in [5.41, 5.74) is 3.58. The number of halogens is 1. The van der Waals surface area contributed by atoms with Gasteiger partial charge in [0, 0.05) is 29.6 Å². The molecule has 0 aliphatic carbocycles. The number of pyridine rings is 1. The first-order valence-electron chi connectivity index (χ1n) is 7.63. The van der Waals surface area contributed by atoms with Crippen LogP contribution in [0.1, 0.15) is 48.4 Å². The van der Waals surface area contributed by atoms with Crippen LogP contribution < -0.4 is 0 Å². The molecule has 4 heteroatoms. The van der Waals surface area contributed by atoms with E-state index < -0.39 is 0 Å². The number of benzene rings is 1. The van der Waals surface area contributed by atoms with E-state index in [0.29, 0.717) is 22.2 Å². The fourth-order valence-corrected chi connectivity index (χ4v) is 2.93. The average molecular weight is 326 g/mol. The third-order valence-electron chi connectivity index (χ3n) is 3.94. The molecule has 0 aliphatic rings. The summed E-state index contributed by atoms with van der Waals surface area (Å²) >= 11 is 6.27. The Balaban J connectivity index is 2.47. The lowest BCUT2D eigenvalue weighted by Crippen LogP contribution is -2.17. The Morgan fingerprint density at radius 1 is 1.35 bits per heavy atom. The second kappa shape index (κ2) is 7.39. The third kappa shape index (κ3) is 3.78. The first-order valence-corrected chi connectivity index (χ1v) is 8.01. The lowest BCUT2D eigenvalue weighted by molar-refractivity contribution is 0.562. The van der Waals surface area contributed by atoms with E-state index in [2.05, 4.69) is 24.9 Å². The lowest BCUT2D eigenvalue weighted by atomic mass is 9.83. The highest BCUT2D eigenvalue weighted by Gasteiger charge is 2.22. The van der Waals surface area contributed by atoms with Crippen LogP contribution in [0.5, 0.6) is 0 Å². The van der Waals surface area contributed by atoms with Crippen molar-refractivity contribution in [1.29, 1.82) is 10.7 Å². The second-order valence-corrected chi connectivity index (χ2v) is 6.47. The summed E-state index contributed by atoms with van der Waals surface area (Å²) < 4.78 is 0. The number of rotatable bonds is 5. The van der Waals surface area contributed by atoms with Crippen LogP contribution in [0.4, 0.5) is 0 Å². The van der Waals surface area contributed by atoms with Crippen LogP contribution >= 0.6 is 11.6 Å². The van der Waals surface area contributed by atoms with E-state index in [0.717, 1.165) is 23.1 Å². The predicted molar refractivity (Wildman–Crippen MR) is 94.2 cm³/mol. The molecule has 3 nitrogen and oxygen atoms in total. The summed E-state index contributed by atoms with van der Waals surface area (Å²) in [7, 11) is 0. The minimum atomic E-state index is -0.0357. The topological polar surface area (TPSA) is 60.5 Å². The summed E-state index contributed by atoms with van der Waals surface area (Å²) in [4.78, 5) is 4.19. The van der Waals surface area contributed by atoms with Gasteiger partial charge < -0.3 is 5.41 Å². The number of nitrogens with one attached hydrogen (secondary N) is 1. The highest BCUT2D eigenvalue weighted by atomic mass is 35.5. The molecule has 1 heterocycles. The maximum absolute atomic E-state index is 9.08. The minimum absolute atomic E-state index is 0.0357. The van der Waals surface area contributed by atoms with Gasteiger partial charge in [-0.1, -0.05) is 37.6 Å². The standard InChI is InChI=1S/C19H20ClN3/c1-12(2)9-17(15-5-4-8-23-11-15)19(22)16-7-6-14(10-21)18(20)13(16)3/h4-8,11-12,17,22H,9H2,1-3H3. The van der Waals surface area contributed by atoms with E-state index >= 15 is 0 Å².